The van der Waals surface area contributed by atoms with Gasteiger partial charge in [-0.2, -0.15) is 0 Å². The summed E-state index contributed by atoms with van der Waals surface area (Å²) in [6, 6.07) is 0. The van der Waals surface area contributed by atoms with Gasteiger partial charge in [-0.1, -0.05) is 37.0 Å². The topological polar surface area (TPSA) is 26.0 Å². The summed E-state index contributed by atoms with van der Waals surface area (Å²) in [6.45, 7) is 3.67. The lowest BCUT2D eigenvalue weighted by atomic mass is 10.2. The fraction of sp³-hybridized carbons (Fsp3) is 0. The summed E-state index contributed by atoms with van der Waals surface area (Å²) in [4.78, 5) is 0. The first kappa shape index (κ1) is 7.61. The Hall–Kier alpha value is -1.50. The van der Waals surface area contributed by atoms with Crippen LogP contribution in [0.15, 0.2) is 60.4 Å². The first-order valence-electron chi connectivity index (χ1n) is 3.47. The summed E-state index contributed by atoms with van der Waals surface area (Å²) in [7, 11) is 0. The van der Waals surface area contributed by atoms with E-state index in [2.05, 4.69) is 6.58 Å². The normalized spacial score (nSPS) is 16.4. The Morgan fingerprint density at radius 2 is 1.91 bits per heavy atom. The SMILES string of the molecule is C=CC1=CC=CC(N)=CC=C1. The summed E-state index contributed by atoms with van der Waals surface area (Å²) < 4.78 is 0. The van der Waals surface area contributed by atoms with Crippen LogP contribution >= 0.6 is 0 Å². The molecule has 0 atom stereocenters. The third kappa shape index (κ3) is 2.30. The Kier molecular flexibility index (Phi) is 2.50. The minimum atomic E-state index is 0.764. The van der Waals surface area contributed by atoms with Crippen LogP contribution in [0.2, 0.25) is 0 Å². The highest BCUT2D eigenvalue weighted by molar-refractivity contribution is 5.38. The molecular weight excluding hydrogens is 134 g/mol. The van der Waals surface area contributed by atoms with E-state index in [1.807, 2.05) is 36.5 Å². The first-order valence-corrected chi connectivity index (χ1v) is 3.47. The van der Waals surface area contributed by atoms with Gasteiger partial charge in [-0.25, -0.2) is 0 Å². The average Bonchev–Trinajstić information content (AvgIpc) is 1.96. The summed E-state index contributed by atoms with van der Waals surface area (Å²) in [5.74, 6) is 0. The van der Waals surface area contributed by atoms with E-state index in [0.717, 1.165) is 11.3 Å². The molecule has 0 aromatic heterocycles. The Labute approximate surface area is 66.9 Å². The van der Waals surface area contributed by atoms with Crippen LogP contribution in [-0.4, -0.2) is 0 Å². The number of hydrogen-bond acceptors (Lipinski definition) is 1. The van der Waals surface area contributed by atoms with Gasteiger partial charge >= 0.3 is 0 Å². The maximum Gasteiger partial charge on any atom is 0.0313 e. The fourth-order valence-electron chi connectivity index (χ4n) is 0.788. The summed E-state index contributed by atoms with van der Waals surface area (Å²) in [6.07, 6.45) is 13.3. The summed E-state index contributed by atoms with van der Waals surface area (Å²) in [5.41, 5.74) is 7.41. The minimum Gasteiger partial charge on any atom is -0.399 e. The number of hydrogen-bond donors (Lipinski definition) is 1. The molecule has 11 heavy (non-hydrogen) atoms. The Bertz CT molecular complexity index is 265. The van der Waals surface area contributed by atoms with Gasteiger partial charge in [-0.3, -0.25) is 0 Å². The number of allylic oxidation sites excluding steroid dienone is 8. The van der Waals surface area contributed by atoms with E-state index in [1.54, 1.807) is 6.08 Å². The molecule has 1 nitrogen and oxygen atoms in total. The van der Waals surface area contributed by atoms with Crippen molar-refractivity contribution in [1.29, 1.82) is 0 Å². The van der Waals surface area contributed by atoms with Crippen molar-refractivity contribution in [3.8, 4) is 0 Å². The van der Waals surface area contributed by atoms with Crippen LogP contribution in [-0.2, 0) is 0 Å². The van der Waals surface area contributed by atoms with Crippen LogP contribution in [0.4, 0.5) is 0 Å². The molecule has 0 saturated carbocycles. The molecule has 0 amide bonds. The second-order valence-corrected chi connectivity index (χ2v) is 2.26. The zero-order valence-corrected chi connectivity index (χ0v) is 6.33. The van der Waals surface area contributed by atoms with Crippen molar-refractivity contribution in [2.24, 2.45) is 5.73 Å². The van der Waals surface area contributed by atoms with E-state index in [-0.39, 0.29) is 0 Å². The van der Waals surface area contributed by atoms with Crippen molar-refractivity contribution in [3.63, 3.8) is 0 Å². The largest absolute Gasteiger partial charge is 0.399 e. The predicted molar refractivity (Wildman–Crippen MR) is 48.8 cm³/mol. The third-order valence-electron chi connectivity index (χ3n) is 1.39. The second kappa shape index (κ2) is 3.62. The zero-order chi connectivity index (χ0) is 8.10. The van der Waals surface area contributed by atoms with Gasteiger partial charge in [0.15, 0.2) is 0 Å². The molecule has 1 aliphatic rings. The predicted octanol–water partition coefficient (Wildman–Crippen LogP) is 2.07. The molecule has 2 N–H and O–H groups in total. The van der Waals surface area contributed by atoms with Gasteiger partial charge in [0.2, 0.25) is 0 Å². The number of nitrogens with two attached hydrogens (primary N) is 1. The van der Waals surface area contributed by atoms with E-state index in [0.29, 0.717) is 0 Å². The number of rotatable bonds is 1. The van der Waals surface area contributed by atoms with Crippen LogP contribution < -0.4 is 5.73 Å². The van der Waals surface area contributed by atoms with Crippen molar-refractivity contribution in [3.05, 3.63) is 60.4 Å². The van der Waals surface area contributed by atoms with Crippen LogP contribution in [0.3, 0.4) is 0 Å². The van der Waals surface area contributed by atoms with Gasteiger partial charge < -0.3 is 5.73 Å². The monoisotopic (exact) mass is 145 g/mol. The van der Waals surface area contributed by atoms with E-state index in [9.17, 15) is 0 Å². The molecule has 0 bridgehead atoms. The van der Waals surface area contributed by atoms with Crippen molar-refractivity contribution in [1.82, 2.24) is 0 Å². The molecule has 0 heterocycles. The van der Waals surface area contributed by atoms with Gasteiger partial charge in [0, 0.05) is 5.70 Å². The van der Waals surface area contributed by atoms with Crippen LogP contribution in [0, 0.1) is 0 Å². The quantitative estimate of drug-likeness (QED) is 0.600. The second-order valence-electron chi connectivity index (χ2n) is 2.26. The van der Waals surface area contributed by atoms with Crippen LogP contribution in [0.5, 0.6) is 0 Å². The van der Waals surface area contributed by atoms with Gasteiger partial charge in [0.1, 0.15) is 0 Å². The van der Waals surface area contributed by atoms with E-state index >= 15 is 0 Å². The van der Waals surface area contributed by atoms with Gasteiger partial charge in [-0.05, 0) is 17.7 Å². The van der Waals surface area contributed by atoms with Crippen molar-refractivity contribution in [2.45, 2.75) is 0 Å². The fourth-order valence-corrected chi connectivity index (χ4v) is 0.788. The molecule has 56 valence electrons. The Morgan fingerprint density at radius 1 is 1.18 bits per heavy atom. The molecule has 0 fully saturated rings. The highest BCUT2D eigenvalue weighted by Gasteiger charge is 1.85. The van der Waals surface area contributed by atoms with Crippen molar-refractivity contribution < 1.29 is 0 Å². The lowest BCUT2D eigenvalue weighted by Gasteiger charge is -1.94. The first-order chi connectivity index (χ1) is 5.33. The molecule has 0 aromatic carbocycles. The highest BCUT2D eigenvalue weighted by Crippen LogP contribution is 2.03. The summed E-state index contributed by atoms with van der Waals surface area (Å²) in [5, 5.41) is 0. The smallest absolute Gasteiger partial charge is 0.0313 e. The molecule has 0 spiro atoms. The van der Waals surface area contributed by atoms with Gasteiger partial charge in [-0.15, -0.1) is 0 Å². The molecule has 0 aromatic rings. The molecule has 1 rings (SSSR count). The van der Waals surface area contributed by atoms with Crippen LogP contribution in [0.25, 0.3) is 0 Å². The van der Waals surface area contributed by atoms with E-state index < -0.39 is 0 Å². The zero-order valence-electron chi connectivity index (χ0n) is 6.33. The molecular formula is C10H11N. The van der Waals surface area contributed by atoms with E-state index in [4.69, 9.17) is 5.73 Å². The average molecular weight is 145 g/mol. The Morgan fingerprint density at radius 3 is 2.64 bits per heavy atom. The molecule has 1 heteroatoms. The highest BCUT2D eigenvalue weighted by atomic mass is 14.5. The van der Waals surface area contributed by atoms with Gasteiger partial charge in [0.05, 0.1) is 0 Å². The minimum absolute atomic E-state index is 0.764. The summed E-state index contributed by atoms with van der Waals surface area (Å²) >= 11 is 0. The van der Waals surface area contributed by atoms with E-state index in [1.165, 1.54) is 0 Å². The standard InChI is InChI=1S/C10H11N/c1-2-9-5-3-7-10(11)8-4-6-9/h2-8H,1,11H2. The third-order valence-corrected chi connectivity index (χ3v) is 1.39. The van der Waals surface area contributed by atoms with Gasteiger partial charge in [0.25, 0.3) is 0 Å². The van der Waals surface area contributed by atoms with Crippen LogP contribution in [0.1, 0.15) is 0 Å². The van der Waals surface area contributed by atoms with Crippen molar-refractivity contribution >= 4 is 0 Å². The maximum absolute atomic E-state index is 5.56. The molecule has 0 unspecified atom stereocenters. The maximum atomic E-state index is 5.56. The molecule has 0 radical (unpaired) electrons. The lowest BCUT2D eigenvalue weighted by Crippen LogP contribution is -1.91. The molecule has 1 aliphatic carbocycles. The Balaban J connectivity index is 2.87. The van der Waals surface area contributed by atoms with Crippen molar-refractivity contribution in [2.75, 3.05) is 0 Å². The lowest BCUT2D eigenvalue weighted by molar-refractivity contribution is 1.42. The molecule has 0 saturated heterocycles. The molecule has 0 aliphatic heterocycles.